The van der Waals surface area contributed by atoms with E-state index in [1.54, 1.807) is 0 Å². The zero-order valence-electron chi connectivity index (χ0n) is 20.6. The number of morpholine rings is 1. The van der Waals surface area contributed by atoms with Crippen molar-refractivity contribution >= 4 is 16.9 Å². The van der Waals surface area contributed by atoms with Crippen molar-refractivity contribution in [1.82, 2.24) is 34.6 Å². The highest BCUT2D eigenvalue weighted by atomic mass is 16.5. The first-order valence-corrected chi connectivity index (χ1v) is 12.5. The van der Waals surface area contributed by atoms with Gasteiger partial charge in [-0.3, -0.25) is 9.25 Å². The van der Waals surface area contributed by atoms with Gasteiger partial charge < -0.3 is 15.0 Å². The zero-order valence-corrected chi connectivity index (χ0v) is 20.6. The van der Waals surface area contributed by atoms with E-state index in [-0.39, 0.29) is 6.04 Å². The van der Waals surface area contributed by atoms with Gasteiger partial charge in [-0.2, -0.15) is 10.1 Å². The lowest BCUT2D eigenvalue weighted by Crippen LogP contribution is -2.44. The molecule has 6 rings (SSSR count). The zero-order chi connectivity index (χ0) is 23.9. The van der Waals surface area contributed by atoms with E-state index >= 15 is 0 Å². The third kappa shape index (κ3) is 3.98. The van der Waals surface area contributed by atoms with E-state index in [1.165, 1.54) is 0 Å². The molecule has 182 valence electrons. The van der Waals surface area contributed by atoms with E-state index in [1.807, 2.05) is 29.1 Å². The van der Waals surface area contributed by atoms with Gasteiger partial charge in [0.05, 0.1) is 47.7 Å². The SMILES string of the molecule is Cc1nn(C2CCNCC2)c(C)c1-c1cc(N2CCOC[C@H]2C)nc(-n2cnc3ccccc32)n1. The van der Waals surface area contributed by atoms with Crippen LogP contribution in [0.1, 0.15) is 37.2 Å². The lowest BCUT2D eigenvalue weighted by Gasteiger charge is -2.34. The van der Waals surface area contributed by atoms with Gasteiger partial charge in [0.25, 0.3) is 0 Å². The van der Waals surface area contributed by atoms with Gasteiger partial charge in [-0.15, -0.1) is 0 Å². The molecular formula is C26H32N8O. The van der Waals surface area contributed by atoms with Gasteiger partial charge in [-0.05, 0) is 58.8 Å². The van der Waals surface area contributed by atoms with Crippen molar-refractivity contribution in [1.29, 1.82) is 0 Å². The Labute approximate surface area is 205 Å². The maximum absolute atomic E-state index is 5.70. The molecule has 4 aromatic rings. The van der Waals surface area contributed by atoms with Crippen LogP contribution < -0.4 is 10.2 Å². The maximum atomic E-state index is 5.70. The molecule has 0 unspecified atom stereocenters. The average Bonchev–Trinajstić information content (AvgIpc) is 3.45. The Balaban J connectivity index is 1.51. The van der Waals surface area contributed by atoms with Crippen LogP contribution in [0.15, 0.2) is 36.7 Å². The number of ether oxygens (including phenoxy) is 1. The smallest absolute Gasteiger partial charge is 0.237 e. The highest BCUT2D eigenvalue weighted by Gasteiger charge is 2.26. The summed E-state index contributed by atoms with van der Waals surface area (Å²) in [5.41, 5.74) is 6.08. The lowest BCUT2D eigenvalue weighted by atomic mass is 10.1. The molecule has 2 saturated heterocycles. The van der Waals surface area contributed by atoms with Gasteiger partial charge in [0, 0.05) is 23.9 Å². The Hall–Kier alpha value is -3.30. The van der Waals surface area contributed by atoms with Gasteiger partial charge in [0.15, 0.2) is 0 Å². The first-order valence-electron chi connectivity index (χ1n) is 12.5. The fourth-order valence-corrected chi connectivity index (χ4v) is 5.43. The van der Waals surface area contributed by atoms with Crippen LogP contribution in [0, 0.1) is 13.8 Å². The van der Waals surface area contributed by atoms with Crippen molar-refractivity contribution in [3.8, 4) is 17.2 Å². The Kier molecular flexibility index (Phi) is 5.74. The molecule has 3 aromatic heterocycles. The fraction of sp³-hybridized carbons (Fsp3) is 0.462. The minimum Gasteiger partial charge on any atom is -0.377 e. The Morgan fingerprint density at radius 1 is 1.09 bits per heavy atom. The summed E-state index contributed by atoms with van der Waals surface area (Å²) in [7, 11) is 0. The molecule has 1 N–H and O–H groups in total. The van der Waals surface area contributed by atoms with E-state index in [0.29, 0.717) is 25.2 Å². The minimum absolute atomic E-state index is 0.235. The standard InChI is InChI=1S/C26H32N8O/c1-17-15-35-13-12-32(17)24-14-22(25-18(2)31-34(19(25)3)20-8-10-27-11-9-20)29-26(30-24)33-16-28-21-6-4-5-7-23(21)33/h4-7,14,16-17,20,27H,8-13,15H2,1-3H3/t17-/m1/s1. The first-order chi connectivity index (χ1) is 17.1. The third-order valence-corrected chi connectivity index (χ3v) is 7.27. The lowest BCUT2D eigenvalue weighted by molar-refractivity contribution is 0.0985. The molecule has 2 aliphatic rings. The van der Waals surface area contributed by atoms with Crippen LogP contribution in [-0.4, -0.2) is 68.2 Å². The van der Waals surface area contributed by atoms with E-state index in [4.69, 9.17) is 19.8 Å². The van der Waals surface area contributed by atoms with Crippen LogP contribution >= 0.6 is 0 Å². The van der Waals surface area contributed by atoms with Gasteiger partial charge in [0.2, 0.25) is 5.95 Å². The van der Waals surface area contributed by atoms with Crippen LogP contribution in [0.5, 0.6) is 0 Å². The molecule has 0 amide bonds. The molecule has 0 radical (unpaired) electrons. The Bertz CT molecular complexity index is 1350. The second-order valence-corrected chi connectivity index (χ2v) is 9.60. The van der Waals surface area contributed by atoms with Crippen LogP contribution in [0.4, 0.5) is 5.82 Å². The molecule has 9 nitrogen and oxygen atoms in total. The quantitative estimate of drug-likeness (QED) is 0.487. The molecule has 35 heavy (non-hydrogen) atoms. The predicted octanol–water partition coefficient (Wildman–Crippen LogP) is 3.45. The summed E-state index contributed by atoms with van der Waals surface area (Å²) in [6.07, 6.45) is 4.00. The number of fused-ring (bicyclic) bond motifs is 1. The van der Waals surface area contributed by atoms with E-state index in [2.05, 4.69) is 52.8 Å². The summed E-state index contributed by atoms with van der Waals surface area (Å²) < 4.78 is 9.90. The number of benzene rings is 1. The number of nitrogens with zero attached hydrogens (tertiary/aromatic N) is 7. The molecule has 9 heteroatoms. The fourth-order valence-electron chi connectivity index (χ4n) is 5.43. The van der Waals surface area contributed by atoms with Crippen LogP contribution in [0.2, 0.25) is 0 Å². The molecule has 0 bridgehead atoms. The molecule has 2 fully saturated rings. The van der Waals surface area contributed by atoms with Gasteiger partial charge in [0.1, 0.15) is 12.1 Å². The van der Waals surface area contributed by atoms with Crippen molar-refractivity contribution in [3.05, 3.63) is 48.0 Å². The second-order valence-electron chi connectivity index (χ2n) is 9.60. The van der Waals surface area contributed by atoms with Crippen molar-refractivity contribution in [2.45, 2.75) is 45.7 Å². The van der Waals surface area contributed by atoms with Gasteiger partial charge >= 0.3 is 0 Å². The minimum atomic E-state index is 0.235. The number of hydrogen-bond acceptors (Lipinski definition) is 7. The first kappa shape index (κ1) is 22.2. The third-order valence-electron chi connectivity index (χ3n) is 7.27. The maximum Gasteiger partial charge on any atom is 0.237 e. The topological polar surface area (TPSA) is 85.9 Å². The average molecular weight is 473 g/mol. The van der Waals surface area contributed by atoms with Crippen molar-refractivity contribution < 1.29 is 4.74 Å². The highest BCUT2D eigenvalue weighted by molar-refractivity contribution is 5.77. The van der Waals surface area contributed by atoms with Crippen LogP contribution in [0.3, 0.4) is 0 Å². The number of aryl methyl sites for hydroxylation is 1. The van der Waals surface area contributed by atoms with E-state index in [9.17, 15) is 0 Å². The largest absolute Gasteiger partial charge is 0.377 e. The van der Waals surface area contributed by atoms with Crippen molar-refractivity contribution in [3.63, 3.8) is 0 Å². The Morgan fingerprint density at radius 3 is 2.74 bits per heavy atom. The molecule has 2 aliphatic heterocycles. The molecule has 0 aliphatic carbocycles. The number of anilines is 1. The van der Waals surface area contributed by atoms with Crippen molar-refractivity contribution in [2.24, 2.45) is 0 Å². The summed E-state index contributed by atoms with van der Waals surface area (Å²) in [5.74, 6) is 1.53. The summed E-state index contributed by atoms with van der Waals surface area (Å²) in [6, 6.07) is 10.9. The highest BCUT2D eigenvalue weighted by Crippen LogP contribution is 2.33. The summed E-state index contributed by atoms with van der Waals surface area (Å²) in [5, 5.41) is 8.44. The molecule has 5 heterocycles. The number of piperidine rings is 1. The van der Waals surface area contributed by atoms with E-state index in [0.717, 1.165) is 72.0 Å². The number of imidazole rings is 1. The molecule has 1 aromatic carbocycles. The predicted molar refractivity (Wildman–Crippen MR) is 136 cm³/mol. The number of hydrogen-bond donors (Lipinski definition) is 1. The summed E-state index contributed by atoms with van der Waals surface area (Å²) in [4.78, 5) is 17.0. The summed E-state index contributed by atoms with van der Waals surface area (Å²) >= 11 is 0. The Morgan fingerprint density at radius 2 is 1.91 bits per heavy atom. The molecular weight excluding hydrogens is 440 g/mol. The summed E-state index contributed by atoms with van der Waals surface area (Å²) in [6.45, 7) is 10.7. The normalized spacial score (nSPS) is 19.5. The van der Waals surface area contributed by atoms with Gasteiger partial charge in [-0.25, -0.2) is 9.97 Å². The van der Waals surface area contributed by atoms with E-state index < -0.39 is 0 Å². The van der Waals surface area contributed by atoms with Crippen LogP contribution in [0.25, 0.3) is 28.2 Å². The second kappa shape index (κ2) is 9.05. The van der Waals surface area contributed by atoms with Gasteiger partial charge in [-0.1, -0.05) is 12.1 Å². The number of rotatable bonds is 4. The van der Waals surface area contributed by atoms with Crippen LogP contribution in [-0.2, 0) is 4.74 Å². The molecule has 1 atom stereocenters. The monoisotopic (exact) mass is 472 g/mol. The molecule has 0 saturated carbocycles. The number of para-hydroxylation sites is 2. The number of aromatic nitrogens is 6. The number of nitrogens with one attached hydrogen (secondary N) is 1. The molecule has 0 spiro atoms. The van der Waals surface area contributed by atoms with Crippen molar-refractivity contribution in [2.75, 3.05) is 37.7 Å².